The molecule has 7 heteroatoms. The van der Waals surface area contributed by atoms with Gasteiger partial charge < -0.3 is 9.73 Å². The molecule has 106 valence electrons. The Kier molecular flexibility index (Phi) is 3.70. The maximum absolute atomic E-state index is 12.0. The van der Waals surface area contributed by atoms with Gasteiger partial charge in [0, 0.05) is 5.69 Å². The van der Waals surface area contributed by atoms with Crippen LogP contribution in [0.2, 0.25) is 5.22 Å². The molecule has 0 atom stereocenters. The van der Waals surface area contributed by atoms with Gasteiger partial charge >= 0.3 is 0 Å². The zero-order valence-electron chi connectivity index (χ0n) is 10.9. The molecule has 0 saturated heterocycles. The number of nitrogens with zero attached hydrogens (tertiary/aromatic N) is 3. The van der Waals surface area contributed by atoms with E-state index in [2.05, 4.69) is 15.4 Å². The molecule has 0 aliphatic rings. The van der Waals surface area contributed by atoms with Gasteiger partial charge in [0.1, 0.15) is 12.7 Å². The number of amides is 1. The van der Waals surface area contributed by atoms with Crippen LogP contribution in [0.5, 0.6) is 0 Å². The largest absolute Gasteiger partial charge is 0.452 e. The van der Waals surface area contributed by atoms with Crippen LogP contribution < -0.4 is 5.32 Å². The number of benzene rings is 1. The highest BCUT2D eigenvalue weighted by Gasteiger charge is 2.12. The minimum atomic E-state index is -0.308. The Hall–Kier alpha value is -2.60. The zero-order chi connectivity index (χ0) is 14.7. The maximum Gasteiger partial charge on any atom is 0.260 e. The molecule has 21 heavy (non-hydrogen) atoms. The van der Waals surface area contributed by atoms with E-state index in [0.717, 1.165) is 5.56 Å². The summed E-state index contributed by atoms with van der Waals surface area (Å²) in [5.41, 5.74) is 2.04. The maximum atomic E-state index is 12.0. The minimum absolute atomic E-state index is 0.0790. The summed E-state index contributed by atoms with van der Waals surface area (Å²) in [4.78, 5) is 15.8. The average molecular weight is 303 g/mol. The van der Waals surface area contributed by atoms with Crippen molar-refractivity contribution in [3.63, 3.8) is 0 Å². The number of hydrogen-bond donors (Lipinski definition) is 1. The van der Waals surface area contributed by atoms with Crippen LogP contribution in [-0.4, -0.2) is 20.7 Å². The van der Waals surface area contributed by atoms with Crippen molar-refractivity contribution in [2.75, 3.05) is 5.32 Å². The monoisotopic (exact) mass is 302 g/mol. The number of hydrogen-bond acceptors (Lipinski definition) is 4. The van der Waals surface area contributed by atoms with Crippen molar-refractivity contribution < 1.29 is 9.21 Å². The number of nitrogens with one attached hydrogen (secondary N) is 1. The molecule has 0 saturated carbocycles. The summed E-state index contributed by atoms with van der Waals surface area (Å²) in [6.45, 7) is 0.627. The first-order valence-electron chi connectivity index (χ1n) is 6.18. The normalized spacial score (nSPS) is 10.5. The molecule has 0 spiro atoms. The molecule has 3 aromatic rings. The van der Waals surface area contributed by atoms with E-state index in [-0.39, 0.29) is 11.1 Å². The summed E-state index contributed by atoms with van der Waals surface area (Å²) in [6.07, 6.45) is 4.51. The third kappa shape index (κ3) is 3.11. The van der Waals surface area contributed by atoms with Crippen molar-refractivity contribution in [3.8, 4) is 0 Å². The van der Waals surface area contributed by atoms with Gasteiger partial charge in [0.15, 0.2) is 0 Å². The van der Waals surface area contributed by atoms with Crippen LogP contribution in [0.1, 0.15) is 15.9 Å². The van der Waals surface area contributed by atoms with E-state index >= 15 is 0 Å². The minimum Gasteiger partial charge on any atom is -0.452 e. The highest BCUT2D eigenvalue weighted by molar-refractivity contribution is 6.32. The summed E-state index contributed by atoms with van der Waals surface area (Å²) in [5, 5.41) is 6.87. The second kappa shape index (κ2) is 5.80. The highest BCUT2D eigenvalue weighted by atomic mass is 35.5. The molecule has 0 radical (unpaired) electrons. The van der Waals surface area contributed by atoms with Crippen molar-refractivity contribution in [3.05, 3.63) is 65.6 Å². The Labute approximate surface area is 125 Å². The summed E-state index contributed by atoms with van der Waals surface area (Å²) in [5.74, 6) is -0.308. The van der Waals surface area contributed by atoms with Crippen LogP contribution in [0.15, 0.2) is 53.7 Å². The SMILES string of the molecule is O=C(Nc1ccc(Cn2cncn2)cc1)c1ccoc1Cl. The molecule has 2 aromatic heterocycles. The van der Waals surface area contributed by atoms with E-state index in [1.165, 1.54) is 18.7 Å². The second-order valence-corrected chi connectivity index (χ2v) is 4.70. The van der Waals surface area contributed by atoms with Gasteiger partial charge in [-0.25, -0.2) is 9.67 Å². The van der Waals surface area contributed by atoms with Crippen molar-refractivity contribution in [2.45, 2.75) is 6.54 Å². The topological polar surface area (TPSA) is 73.0 Å². The van der Waals surface area contributed by atoms with Gasteiger partial charge in [-0.2, -0.15) is 5.10 Å². The van der Waals surface area contributed by atoms with Crippen LogP contribution in [-0.2, 0) is 6.54 Å². The standard InChI is InChI=1S/C14H11ClN4O2/c15-13-12(5-6-21-13)14(20)18-11-3-1-10(2-4-11)7-19-9-16-8-17-19/h1-6,8-9H,7H2,(H,18,20). The average Bonchev–Trinajstić information content (AvgIpc) is 3.12. The third-order valence-electron chi connectivity index (χ3n) is 2.89. The Morgan fingerprint density at radius 2 is 2.10 bits per heavy atom. The first kappa shape index (κ1) is 13.4. The zero-order valence-corrected chi connectivity index (χ0v) is 11.6. The molecule has 1 N–H and O–H groups in total. The Balaban J connectivity index is 1.67. The number of anilines is 1. The number of furan rings is 1. The molecule has 0 bridgehead atoms. The summed E-state index contributed by atoms with van der Waals surface area (Å²) < 4.78 is 6.61. The molecule has 0 aliphatic heterocycles. The molecular weight excluding hydrogens is 292 g/mol. The first-order valence-corrected chi connectivity index (χ1v) is 6.56. The second-order valence-electron chi connectivity index (χ2n) is 4.35. The van der Waals surface area contributed by atoms with E-state index in [1.807, 2.05) is 24.3 Å². The summed E-state index contributed by atoms with van der Waals surface area (Å²) >= 11 is 5.76. The molecule has 1 aromatic carbocycles. The lowest BCUT2D eigenvalue weighted by Gasteiger charge is -2.06. The fourth-order valence-electron chi connectivity index (χ4n) is 1.85. The lowest BCUT2D eigenvalue weighted by atomic mass is 10.2. The van der Waals surface area contributed by atoms with Gasteiger partial charge in [-0.15, -0.1) is 0 Å². The van der Waals surface area contributed by atoms with Gasteiger partial charge in [0.05, 0.1) is 18.4 Å². The highest BCUT2D eigenvalue weighted by Crippen LogP contribution is 2.18. The number of halogens is 1. The number of rotatable bonds is 4. The van der Waals surface area contributed by atoms with Crippen LogP contribution >= 0.6 is 11.6 Å². The van der Waals surface area contributed by atoms with Gasteiger partial charge in [0.2, 0.25) is 5.22 Å². The first-order chi connectivity index (χ1) is 10.2. The summed E-state index contributed by atoms with van der Waals surface area (Å²) in [7, 11) is 0. The number of carbonyl (C=O) groups excluding carboxylic acids is 1. The fourth-order valence-corrected chi connectivity index (χ4v) is 2.05. The molecular formula is C14H11ClN4O2. The van der Waals surface area contributed by atoms with Gasteiger partial charge in [-0.3, -0.25) is 4.79 Å². The van der Waals surface area contributed by atoms with Crippen molar-refractivity contribution in [2.24, 2.45) is 0 Å². The van der Waals surface area contributed by atoms with E-state index in [1.54, 1.807) is 11.0 Å². The number of carbonyl (C=O) groups is 1. The van der Waals surface area contributed by atoms with Crippen molar-refractivity contribution >= 4 is 23.2 Å². The third-order valence-corrected chi connectivity index (χ3v) is 3.18. The molecule has 1 amide bonds. The van der Waals surface area contributed by atoms with E-state index in [9.17, 15) is 4.79 Å². The predicted octanol–water partition coefficient (Wildman–Crippen LogP) is 2.83. The van der Waals surface area contributed by atoms with Gasteiger partial charge in [0.25, 0.3) is 5.91 Å². The lowest BCUT2D eigenvalue weighted by Crippen LogP contribution is -2.11. The van der Waals surface area contributed by atoms with Crippen molar-refractivity contribution in [1.82, 2.24) is 14.8 Å². The Bertz CT molecular complexity index is 735. The lowest BCUT2D eigenvalue weighted by molar-refractivity contribution is 0.102. The van der Waals surface area contributed by atoms with E-state index in [0.29, 0.717) is 17.8 Å². The quantitative estimate of drug-likeness (QED) is 0.804. The molecule has 6 nitrogen and oxygen atoms in total. The Morgan fingerprint density at radius 3 is 2.71 bits per heavy atom. The van der Waals surface area contributed by atoms with Gasteiger partial charge in [-0.1, -0.05) is 12.1 Å². The van der Waals surface area contributed by atoms with Crippen LogP contribution in [0.25, 0.3) is 0 Å². The predicted molar refractivity (Wildman–Crippen MR) is 77.2 cm³/mol. The van der Waals surface area contributed by atoms with Crippen LogP contribution in [0, 0.1) is 0 Å². The molecule has 0 fully saturated rings. The van der Waals surface area contributed by atoms with E-state index < -0.39 is 0 Å². The van der Waals surface area contributed by atoms with Gasteiger partial charge in [-0.05, 0) is 35.4 Å². The van der Waals surface area contributed by atoms with Crippen LogP contribution in [0.3, 0.4) is 0 Å². The van der Waals surface area contributed by atoms with Crippen LogP contribution in [0.4, 0.5) is 5.69 Å². The molecule has 2 heterocycles. The fraction of sp³-hybridized carbons (Fsp3) is 0.0714. The number of aromatic nitrogens is 3. The molecule has 3 rings (SSSR count). The van der Waals surface area contributed by atoms with Crippen molar-refractivity contribution in [1.29, 1.82) is 0 Å². The molecule has 0 unspecified atom stereocenters. The smallest absolute Gasteiger partial charge is 0.260 e. The molecule has 0 aliphatic carbocycles. The Morgan fingerprint density at radius 1 is 1.29 bits per heavy atom. The summed E-state index contributed by atoms with van der Waals surface area (Å²) in [6, 6.07) is 8.98. The van der Waals surface area contributed by atoms with E-state index in [4.69, 9.17) is 16.0 Å².